The lowest BCUT2D eigenvalue weighted by molar-refractivity contribution is 0.0577. The molecule has 1 aromatic carbocycles. The van der Waals surface area contributed by atoms with Gasteiger partial charge in [0.25, 0.3) is 0 Å². The van der Waals surface area contributed by atoms with Crippen molar-refractivity contribution < 1.29 is 23.8 Å². The van der Waals surface area contributed by atoms with Gasteiger partial charge in [-0.1, -0.05) is 0 Å². The first-order valence-electron chi connectivity index (χ1n) is 6.63. The molecule has 0 amide bonds. The first kappa shape index (κ1) is 14.8. The van der Waals surface area contributed by atoms with Crippen LogP contribution in [0.15, 0.2) is 18.2 Å². The number of hydrogen-bond acceptors (Lipinski definition) is 7. The predicted molar refractivity (Wildman–Crippen MR) is 80.6 cm³/mol. The van der Waals surface area contributed by atoms with Crippen LogP contribution in [0.25, 0.3) is 21.8 Å². The normalized spacial score (nSPS) is 10.7. The maximum Gasteiger partial charge on any atom is 0.360 e. The van der Waals surface area contributed by atoms with Crippen LogP contribution in [0, 0.1) is 0 Å². The highest BCUT2D eigenvalue weighted by Gasteiger charge is 2.24. The van der Waals surface area contributed by atoms with Crippen molar-refractivity contribution in [1.29, 1.82) is 0 Å². The Bertz CT molecular complexity index is 932. The summed E-state index contributed by atoms with van der Waals surface area (Å²) in [5.41, 5.74) is 1.06. The lowest BCUT2D eigenvalue weighted by Crippen LogP contribution is -2.12. The molecule has 0 aliphatic carbocycles. The first-order valence-corrected chi connectivity index (χ1v) is 6.63. The van der Waals surface area contributed by atoms with E-state index >= 15 is 0 Å². The largest absolute Gasteiger partial charge is 0.497 e. The van der Waals surface area contributed by atoms with Crippen LogP contribution in [-0.4, -0.2) is 48.4 Å². The number of fused-ring (bicyclic) bond motifs is 3. The van der Waals surface area contributed by atoms with E-state index in [2.05, 4.69) is 15.2 Å². The molecule has 0 aliphatic rings. The summed E-state index contributed by atoms with van der Waals surface area (Å²) in [5.74, 6) is -0.703. The fourth-order valence-electron chi connectivity index (χ4n) is 2.40. The third kappa shape index (κ3) is 2.24. The molecule has 0 spiro atoms. The van der Waals surface area contributed by atoms with E-state index in [0.29, 0.717) is 27.6 Å². The standard InChI is InChI=1S/C15H13N3O5/c1-21-7-4-5-9-8(6-7)10-11(16-9)13(15(20)23-3)18-17-12(10)14(19)22-2/h4-6,16H,1-3H3. The quantitative estimate of drug-likeness (QED) is 0.733. The highest BCUT2D eigenvalue weighted by molar-refractivity contribution is 6.19. The van der Waals surface area contributed by atoms with E-state index in [1.165, 1.54) is 21.3 Å². The van der Waals surface area contributed by atoms with E-state index in [-0.39, 0.29) is 11.4 Å². The van der Waals surface area contributed by atoms with E-state index in [1.54, 1.807) is 18.2 Å². The van der Waals surface area contributed by atoms with Gasteiger partial charge < -0.3 is 19.2 Å². The Morgan fingerprint density at radius 3 is 2.30 bits per heavy atom. The monoisotopic (exact) mass is 315 g/mol. The molecular formula is C15H13N3O5. The van der Waals surface area contributed by atoms with Crippen LogP contribution in [0.5, 0.6) is 5.75 Å². The Hall–Kier alpha value is -3.16. The molecule has 0 saturated carbocycles. The van der Waals surface area contributed by atoms with Crippen molar-refractivity contribution in [2.75, 3.05) is 21.3 Å². The highest BCUT2D eigenvalue weighted by Crippen LogP contribution is 2.31. The molecule has 0 aliphatic heterocycles. The van der Waals surface area contributed by atoms with E-state index in [1.807, 2.05) is 0 Å². The number of methoxy groups -OCH3 is 3. The molecule has 0 bridgehead atoms. The number of H-pyrrole nitrogens is 1. The molecule has 0 fully saturated rings. The van der Waals surface area contributed by atoms with Crippen molar-refractivity contribution in [1.82, 2.24) is 15.2 Å². The molecule has 0 atom stereocenters. The van der Waals surface area contributed by atoms with Crippen LogP contribution in [-0.2, 0) is 9.47 Å². The SMILES string of the molecule is COC(=O)c1nnc(C(=O)OC)c2c1[nH]c1ccc(OC)cc12. The lowest BCUT2D eigenvalue weighted by Gasteiger charge is -2.04. The number of benzene rings is 1. The third-order valence-corrected chi connectivity index (χ3v) is 3.49. The highest BCUT2D eigenvalue weighted by atomic mass is 16.5. The Morgan fingerprint density at radius 1 is 1.00 bits per heavy atom. The number of esters is 2. The molecule has 2 heterocycles. The van der Waals surface area contributed by atoms with Gasteiger partial charge in [-0.15, -0.1) is 10.2 Å². The minimum atomic E-state index is -0.655. The smallest absolute Gasteiger partial charge is 0.360 e. The van der Waals surface area contributed by atoms with Crippen molar-refractivity contribution in [3.8, 4) is 5.75 Å². The summed E-state index contributed by atoms with van der Waals surface area (Å²) in [6.45, 7) is 0. The number of carbonyl (C=O) groups excluding carboxylic acids is 2. The minimum Gasteiger partial charge on any atom is -0.497 e. The average molecular weight is 315 g/mol. The van der Waals surface area contributed by atoms with Gasteiger partial charge in [0.2, 0.25) is 0 Å². The molecule has 0 saturated heterocycles. The lowest BCUT2D eigenvalue weighted by atomic mass is 10.1. The number of hydrogen-bond donors (Lipinski definition) is 1. The second kappa shape index (κ2) is 5.56. The number of ether oxygens (including phenoxy) is 3. The molecule has 8 nitrogen and oxygen atoms in total. The molecule has 0 radical (unpaired) electrons. The Kier molecular flexibility index (Phi) is 3.57. The van der Waals surface area contributed by atoms with Crippen molar-refractivity contribution in [3.05, 3.63) is 29.6 Å². The first-order chi connectivity index (χ1) is 11.1. The van der Waals surface area contributed by atoms with E-state index in [4.69, 9.17) is 14.2 Å². The molecular weight excluding hydrogens is 302 g/mol. The molecule has 2 aromatic heterocycles. The van der Waals surface area contributed by atoms with Gasteiger partial charge in [0.15, 0.2) is 11.4 Å². The second-order valence-electron chi connectivity index (χ2n) is 4.67. The van der Waals surface area contributed by atoms with Crippen LogP contribution in [0.1, 0.15) is 21.0 Å². The molecule has 23 heavy (non-hydrogen) atoms. The Morgan fingerprint density at radius 2 is 1.65 bits per heavy atom. The number of rotatable bonds is 3. The van der Waals surface area contributed by atoms with Crippen molar-refractivity contribution >= 4 is 33.7 Å². The summed E-state index contributed by atoms with van der Waals surface area (Å²) < 4.78 is 14.7. The van der Waals surface area contributed by atoms with Gasteiger partial charge in [0.1, 0.15) is 5.75 Å². The summed E-state index contributed by atoms with van der Waals surface area (Å²) in [6, 6.07) is 5.27. The van der Waals surface area contributed by atoms with E-state index in [0.717, 1.165) is 0 Å². The topological polar surface area (TPSA) is 103 Å². The van der Waals surface area contributed by atoms with Gasteiger partial charge in [0, 0.05) is 16.3 Å². The minimum absolute atomic E-state index is 0.00894. The number of aromatic nitrogens is 3. The molecule has 1 N–H and O–H groups in total. The molecule has 8 heteroatoms. The van der Waals surface area contributed by atoms with Crippen molar-refractivity contribution in [3.63, 3.8) is 0 Å². The zero-order valence-electron chi connectivity index (χ0n) is 12.7. The predicted octanol–water partition coefficient (Wildman–Crippen LogP) is 1.69. The van der Waals surface area contributed by atoms with Gasteiger partial charge in [-0.25, -0.2) is 9.59 Å². The maximum atomic E-state index is 12.0. The molecule has 3 rings (SSSR count). The van der Waals surface area contributed by atoms with Gasteiger partial charge in [-0.3, -0.25) is 0 Å². The van der Waals surface area contributed by atoms with Crippen LogP contribution < -0.4 is 4.74 Å². The summed E-state index contributed by atoms with van der Waals surface area (Å²) in [4.78, 5) is 26.9. The summed E-state index contributed by atoms with van der Waals surface area (Å²) in [6.07, 6.45) is 0. The van der Waals surface area contributed by atoms with Crippen LogP contribution >= 0.6 is 0 Å². The van der Waals surface area contributed by atoms with Gasteiger partial charge >= 0.3 is 11.9 Å². The maximum absolute atomic E-state index is 12.0. The number of nitrogens with zero attached hydrogens (tertiary/aromatic N) is 2. The fourth-order valence-corrected chi connectivity index (χ4v) is 2.40. The number of nitrogens with one attached hydrogen (secondary N) is 1. The van der Waals surface area contributed by atoms with Crippen LogP contribution in [0.4, 0.5) is 0 Å². The third-order valence-electron chi connectivity index (χ3n) is 3.49. The molecule has 0 unspecified atom stereocenters. The zero-order valence-corrected chi connectivity index (χ0v) is 12.7. The van der Waals surface area contributed by atoms with Crippen molar-refractivity contribution in [2.45, 2.75) is 0 Å². The van der Waals surface area contributed by atoms with Crippen LogP contribution in [0.2, 0.25) is 0 Å². The van der Waals surface area contributed by atoms with Crippen LogP contribution in [0.3, 0.4) is 0 Å². The van der Waals surface area contributed by atoms with E-state index in [9.17, 15) is 9.59 Å². The summed E-state index contributed by atoms with van der Waals surface area (Å²) in [7, 11) is 4.03. The average Bonchev–Trinajstić information content (AvgIpc) is 2.98. The molecule has 3 aromatic rings. The summed E-state index contributed by atoms with van der Waals surface area (Å²) in [5, 5.41) is 8.73. The van der Waals surface area contributed by atoms with Crippen molar-refractivity contribution in [2.24, 2.45) is 0 Å². The Labute approximate surface area is 130 Å². The molecule has 118 valence electrons. The number of aromatic amines is 1. The van der Waals surface area contributed by atoms with Gasteiger partial charge in [0.05, 0.1) is 26.8 Å². The zero-order chi connectivity index (χ0) is 16.6. The fraction of sp³-hybridized carbons (Fsp3) is 0.200. The van der Waals surface area contributed by atoms with Gasteiger partial charge in [-0.2, -0.15) is 0 Å². The second-order valence-corrected chi connectivity index (χ2v) is 4.67. The van der Waals surface area contributed by atoms with Gasteiger partial charge in [-0.05, 0) is 18.2 Å². The Balaban J connectivity index is 2.45. The summed E-state index contributed by atoms with van der Waals surface area (Å²) >= 11 is 0. The number of carbonyl (C=O) groups is 2. The van der Waals surface area contributed by atoms with E-state index < -0.39 is 11.9 Å².